The highest BCUT2D eigenvalue weighted by Crippen LogP contribution is 2.43. The van der Waals surface area contributed by atoms with Crippen LogP contribution in [0.25, 0.3) is 0 Å². The first-order valence-corrected chi connectivity index (χ1v) is 9.74. The Bertz CT molecular complexity index is 711. The molecule has 0 N–H and O–H groups in total. The van der Waals surface area contributed by atoms with Crippen molar-refractivity contribution in [2.45, 2.75) is 25.9 Å². The number of alkyl halides is 2. The average Bonchev–Trinajstić information content (AvgIpc) is 3.27. The summed E-state index contributed by atoms with van der Waals surface area (Å²) in [5.41, 5.74) is 0.944. The first-order chi connectivity index (χ1) is 12.9. The van der Waals surface area contributed by atoms with Gasteiger partial charge in [-0.15, -0.1) is 0 Å². The Labute approximate surface area is 158 Å². The van der Waals surface area contributed by atoms with E-state index in [-0.39, 0.29) is 5.75 Å². The van der Waals surface area contributed by atoms with Crippen LogP contribution in [-0.4, -0.2) is 54.5 Å². The summed E-state index contributed by atoms with van der Waals surface area (Å²) < 4.78 is 33.3. The Morgan fingerprint density at radius 1 is 1.11 bits per heavy atom. The van der Waals surface area contributed by atoms with Gasteiger partial charge in [-0.2, -0.15) is 8.78 Å². The topological polar surface area (TPSA) is 32.8 Å². The van der Waals surface area contributed by atoms with Crippen LogP contribution >= 0.6 is 0 Å². The molecule has 0 aromatic heterocycles. The van der Waals surface area contributed by atoms with E-state index in [2.05, 4.69) is 17.1 Å². The van der Waals surface area contributed by atoms with Gasteiger partial charge in [-0.1, -0.05) is 29.8 Å². The maximum Gasteiger partial charge on any atom is 0.482 e. The standard InChI is InChI=1S/C21H26F2N2O2/c1-15-2-6-19(7-3-15)27-21(22,23)20(26)25-10-8-24(9-11-25)14-18-13-16-4-5-17(18)12-16/h2-7,16-18H,8-14H2,1H3. The lowest BCUT2D eigenvalue weighted by molar-refractivity contribution is -0.205. The molecular weight excluding hydrogens is 350 g/mol. The molecule has 2 aliphatic carbocycles. The number of carbonyl (C=O) groups is 1. The number of halogens is 2. The van der Waals surface area contributed by atoms with Gasteiger partial charge in [0.05, 0.1) is 0 Å². The third-order valence-corrected chi connectivity index (χ3v) is 6.08. The minimum absolute atomic E-state index is 0.00178. The molecule has 2 fully saturated rings. The van der Waals surface area contributed by atoms with Crippen LogP contribution in [0.2, 0.25) is 0 Å². The van der Waals surface area contributed by atoms with Crippen LogP contribution < -0.4 is 4.74 Å². The number of ether oxygens (including phenoxy) is 1. The van der Waals surface area contributed by atoms with Gasteiger partial charge in [0.2, 0.25) is 0 Å². The van der Waals surface area contributed by atoms with Crippen molar-refractivity contribution >= 4 is 5.91 Å². The molecule has 0 radical (unpaired) electrons. The van der Waals surface area contributed by atoms with E-state index < -0.39 is 12.0 Å². The zero-order valence-electron chi connectivity index (χ0n) is 15.6. The van der Waals surface area contributed by atoms with Crippen LogP contribution in [0.1, 0.15) is 18.4 Å². The number of benzene rings is 1. The first kappa shape index (κ1) is 18.4. The van der Waals surface area contributed by atoms with Gasteiger partial charge in [0.25, 0.3) is 0 Å². The van der Waals surface area contributed by atoms with E-state index in [1.54, 1.807) is 12.1 Å². The Hall–Kier alpha value is -1.95. The predicted molar refractivity (Wildman–Crippen MR) is 98.6 cm³/mol. The first-order valence-electron chi connectivity index (χ1n) is 9.74. The van der Waals surface area contributed by atoms with E-state index in [1.807, 2.05) is 6.92 Å². The maximum atomic E-state index is 14.3. The van der Waals surface area contributed by atoms with Crippen LogP contribution in [0, 0.1) is 24.7 Å². The maximum absolute atomic E-state index is 14.3. The largest absolute Gasteiger partial charge is 0.482 e. The second-order valence-electron chi connectivity index (χ2n) is 8.07. The highest BCUT2D eigenvalue weighted by atomic mass is 19.3. The predicted octanol–water partition coefficient (Wildman–Crippen LogP) is 3.32. The zero-order valence-corrected chi connectivity index (χ0v) is 15.6. The highest BCUT2D eigenvalue weighted by Gasteiger charge is 2.46. The molecule has 1 aliphatic heterocycles. The Balaban J connectivity index is 1.28. The van der Waals surface area contributed by atoms with Gasteiger partial charge in [-0.3, -0.25) is 9.69 Å². The van der Waals surface area contributed by atoms with Gasteiger partial charge in [0.15, 0.2) is 0 Å². The van der Waals surface area contributed by atoms with E-state index >= 15 is 0 Å². The molecule has 1 saturated carbocycles. The molecule has 27 heavy (non-hydrogen) atoms. The summed E-state index contributed by atoms with van der Waals surface area (Å²) in [5.74, 6) is 0.850. The second kappa shape index (κ2) is 7.23. The fourth-order valence-electron chi connectivity index (χ4n) is 4.55. The zero-order chi connectivity index (χ0) is 19.0. The smallest absolute Gasteiger partial charge is 0.425 e. The fraction of sp³-hybridized carbons (Fsp3) is 0.571. The van der Waals surface area contributed by atoms with E-state index in [0.29, 0.717) is 38.0 Å². The summed E-state index contributed by atoms with van der Waals surface area (Å²) in [6.45, 7) is 4.79. The SMILES string of the molecule is Cc1ccc(OC(F)(F)C(=O)N2CCN(CC3CC4C=CC3C4)CC2)cc1. The number of amides is 1. The average molecular weight is 376 g/mol. The van der Waals surface area contributed by atoms with Crippen LogP contribution in [-0.2, 0) is 4.79 Å². The minimum Gasteiger partial charge on any atom is -0.425 e. The summed E-state index contributed by atoms with van der Waals surface area (Å²) >= 11 is 0. The number of piperazine rings is 1. The Morgan fingerprint density at radius 3 is 2.41 bits per heavy atom. The molecule has 3 unspecified atom stereocenters. The van der Waals surface area contributed by atoms with E-state index in [4.69, 9.17) is 4.74 Å². The molecule has 1 heterocycles. The molecule has 1 amide bonds. The molecule has 4 rings (SSSR count). The van der Waals surface area contributed by atoms with Crippen molar-refractivity contribution in [3.8, 4) is 5.75 Å². The van der Waals surface area contributed by atoms with Crippen molar-refractivity contribution in [2.75, 3.05) is 32.7 Å². The van der Waals surface area contributed by atoms with Crippen molar-refractivity contribution in [1.29, 1.82) is 0 Å². The Kier molecular flexibility index (Phi) is 4.93. The van der Waals surface area contributed by atoms with Gasteiger partial charge in [0, 0.05) is 32.7 Å². The molecule has 4 nitrogen and oxygen atoms in total. The number of fused-ring (bicyclic) bond motifs is 2. The number of nitrogens with zero attached hydrogens (tertiary/aromatic N) is 2. The summed E-state index contributed by atoms with van der Waals surface area (Å²) in [5, 5.41) is 0. The molecular formula is C21H26F2N2O2. The number of allylic oxidation sites excluding steroid dienone is 2. The fourth-order valence-corrected chi connectivity index (χ4v) is 4.55. The van der Waals surface area contributed by atoms with Gasteiger partial charge in [-0.05, 0) is 49.7 Å². The lowest BCUT2D eigenvalue weighted by Gasteiger charge is -2.37. The molecule has 1 aromatic carbocycles. The van der Waals surface area contributed by atoms with E-state index in [1.165, 1.54) is 29.9 Å². The van der Waals surface area contributed by atoms with Gasteiger partial charge in [0.1, 0.15) is 5.75 Å². The molecule has 3 atom stereocenters. The number of hydrogen-bond donors (Lipinski definition) is 0. The normalized spacial score (nSPS) is 28.0. The third kappa shape index (κ3) is 4.00. The van der Waals surface area contributed by atoms with E-state index in [0.717, 1.165) is 18.0 Å². The highest BCUT2D eigenvalue weighted by molar-refractivity contribution is 5.82. The molecule has 146 valence electrons. The molecule has 2 bridgehead atoms. The molecule has 3 aliphatic rings. The number of aryl methyl sites for hydroxylation is 1. The third-order valence-electron chi connectivity index (χ3n) is 6.08. The lowest BCUT2D eigenvalue weighted by Crippen LogP contribution is -2.55. The van der Waals surface area contributed by atoms with Crippen LogP contribution in [0.5, 0.6) is 5.75 Å². The molecule has 1 saturated heterocycles. The van der Waals surface area contributed by atoms with Crippen molar-refractivity contribution in [1.82, 2.24) is 9.80 Å². The van der Waals surface area contributed by atoms with Crippen molar-refractivity contribution < 1.29 is 18.3 Å². The van der Waals surface area contributed by atoms with E-state index in [9.17, 15) is 13.6 Å². The van der Waals surface area contributed by atoms with Crippen LogP contribution in [0.3, 0.4) is 0 Å². The molecule has 6 heteroatoms. The monoisotopic (exact) mass is 376 g/mol. The summed E-state index contributed by atoms with van der Waals surface area (Å²) in [6, 6.07) is 6.27. The number of carbonyl (C=O) groups excluding carboxylic acids is 1. The lowest BCUT2D eigenvalue weighted by atomic mass is 9.93. The molecule has 1 aromatic rings. The van der Waals surface area contributed by atoms with Crippen LogP contribution in [0.15, 0.2) is 36.4 Å². The van der Waals surface area contributed by atoms with Gasteiger partial charge in [-0.25, -0.2) is 0 Å². The van der Waals surface area contributed by atoms with Crippen molar-refractivity contribution in [2.24, 2.45) is 17.8 Å². The number of hydrogen-bond acceptors (Lipinski definition) is 3. The van der Waals surface area contributed by atoms with Gasteiger partial charge >= 0.3 is 12.0 Å². The Morgan fingerprint density at radius 2 is 1.81 bits per heavy atom. The second-order valence-corrected chi connectivity index (χ2v) is 8.07. The van der Waals surface area contributed by atoms with Crippen LogP contribution in [0.4, 0.5) is 8.78 Å². The van der Waals surface area contributed by atoms with Gasteiger partial charge < -0.3 is 9.64 Å². The summed E-state index contributed by atoms with van der Waals surface area (Å²) in [7, 11) is 0. The summed E-state index contributed by atoms with van der Waals surface area (Å²) in [4.78, 5) is 15.8. The molecule has 0 spiro atoms. The van der Waals surface area contributed by atoms with Crippen molar-refractivity contribution in [3.05, 3.63) is 42.0 Å². The summed E-state index contributed by atoms with van der Waals surface area (Å²) in [6.07, 6.45) is 3.33. The van der Waals surface area contributed by atoms with Crippen molar-refractivity contribution in [3.63, 3.8) is 0 Å². The minimum atomic E-state index is -3.84. The number of rotatable bonds is 5. The quantitative estimate of drug-likeness (QED) is 0.739.